The monoisotopic (exact) mass is 235 g/mol. The van der Waals surface area contributed by atoms with Gasteiger partial charge in [0.2, 0.25) is 0 Å². The maximum atomic E-state index is 3.70. The predicted octanol–water partition coefficient (Wildman–Crippen LogP) is 4.21. The molecule has 1 nitrogen and oxygen atoms in total. The van der Waals surface area contributed by atoms with Crippen LogP contribution in [0, 0.1) is 6.92 Å². The molecule has 0 unspecified atom stereocenters. The van der Waals surface area contributed by atoms with E-state index in [1.54, 1.807) is 0 Å². The predicted molar refractivity (Wildman–Crippen MR) is 74.3 cm³/mol. The van der Waals surface area contributed by atoms with Crippen molar-refractivity contribution < 1.29 is 0 Å². The Bertz CT molecular complexity index is 343. The zero-order valence-corrected chi connectivity index (χ0v) is 11.1. The Labute approximate surface area is 103 Å². The molecular weight excluding hydrogens is 214 g/mol. The topological polar surface area (TPSA) is 12.0 Å². The van der Waals surface area contributed by atoms with Gasteiger partial charge in [0.15, 0.2) is 0 Å². The number of hydrogen-bond donors (Lipinski definition) is 1. The summed E-state index contributed by atoms with van der Waals surface area (Å²) in [5.74, 6) is 1.12. The van der Waals surface area contributed by atoms with Crippen LogP contribution in [0.2, 0.25) is 0 Å². The molecule has 1 N–H and O–H groups in total. The average molecular weight is 235 g/mol. The number of nitrogens with one attached hydrogen (secondary N) is 1. The molecule has 88 valence electrons. The molecule has 0 aliphatic heterocycles. The zero-order valence-electron chi connectivity index (χ0n) is 10.3. The van der Waals surface area contributed by atoms with Crippen molar-refractivity contribution in [2.24, 2.45) is 0 Å². The molecule has 0 saturated heterocycles. The average Bonchev–Trinajstić information content (AvgIpc) is 2.77. The minimum atomic E-state index is 0.711. The molecule has 1 aromatic carbocycles. The van der Waals surface area contributed by atoms with Gasteiger partial charge in [0.05, 0.1) is 0 Å². The minimum Gasteiger partial charge on any atom is -0.382 e. The SMILES string of the molecule is CSCc1cccc(NC2CCCC2)c1C. The van der Waals surface area contributed by atoms with Gasteiger partial charge in [-0.2, -0.15) is 11.8 Å². The molecular formula is C14H21NS. The summed E-state index contributed by atoms with van der Waals surface area (Å²) in [4.78, 5) is 0. The third-order valence-electron chi connectivity index (χ3n) is 3.46. The summed E-state index contributed by atoms with van der Waals surface area (Å²) < 4.78 is 0. The van der Waals surface area contributed by atoms with Crippen LogP contribution in [0.1, 0.15) is 36.8 Å². The van der Waals surface area contributed by atoms with Crippen molar-refractivity contribution in [3.05, 3.63) is 29.3 Å². The lowest BCUT2D eigenvalue weighted by Gasteiger charge is -2.17. The van der Waals surface area contributed by atoms with Crippen LogP contribution >= 0.6 is 11.8 Å². The highest BCUT2D eigenvalue weighted by Gasteiger charge is 2.15. The molecule has 1 fully saturated rings. The van der Waals surface area contributed by atoms with Gasteiger partial charge in [-0.25, -0.2) is 0 Å². The van der Waals surface area contributed by atoms with E-state index < -0.39 is 0 Å². The van der Waals surface area contributed by atoms with Crippen LogP contribution < -0.4 is 5.32 Å². The molecule has 16 heavy (non-hydrogen) atoms. The van der Waals surface area contributed by atoms with E-state index in [-0.39, 0.29) is 0 Å². The third kappa shape index (κ3) is 2.73. The van der Waals surface area contributed by atoms with Crippen LogP contribution in [0.25, 0.3) is 0 Å². The van der Waals surface area contributed by atoms with E-state index in [0.717, 1.165) is 5.75 Å². The van der Waals surface area contributed by atoms with Crippen molar-refractivity contribution in [1.29, 1.82) is 0 Å². The van der Waals surface area contributed by atoms with E-state index in [1.165, 1.54) is 42.5 Å². The quantitative estimate of drug-likeness (QED) is 0.839. The van der Waals surface area contributed by atoms with Gasteiger partial charge in [0, 0.05) is 17.5 Å². The van der Waals surface area contributed by atoms with Gasteiger partial charge in [0.1, 0.15) is 0 Å². The molecule has 1 aliphatic rings. The third-order valence-corrected chi connectivity index (χ3v) is 4.06. The number of rotatable bonds is 4. The zero-order chi connectivity index (χ0) is 11.4. The Kier molecular flexibility index (Phi) is 4.16. The van der Waals surface area contributed by atoms with Gasteiger partial charge in [-0.1, -0.05) is 25.0 Å². The van der Waals surface area contributed by atoms with Gasteiger partial charge in [-0.05, 0) is 43.2 Å². The summed E-state index contributed by atoms with van der Waals surface area (Å²) >= 11 is 1.89. The van der Waals surface area contributed by atoms with E-state index >= 15 is 0 Å². The first-order chi connectivity index (χ1) is 7.81. The largest absolute Gasteiger partial charge is 0.382 e. The van der Waals surface area contributed by atoms with Gasteiger partial charge in [-0.3, -0.25) is 0 Å². The number of hydrogen-bond acceptors (Lipinski definition) is 2. The summed E-state index contributed by atoms with van der Waals surface area (Å²) in [6.45, 7) is 2.24. The normalized spacial score (nSPS) is 16.6. The molecule has 1 aromatic rings. The highest BCUT2D eigenvalue weighted by Crippen LogP contribution is 2.26. The first-order valence-corrected chi connectivity index (χ1v) is 7.54. The lowest BCUT2D eigenvalue weighted by molar-refractivity contribution is 0.754. The van der Waals surface area contributed by atoms with Gasteiger partial charge < -0.3 is 5.32 Å². The number of thioether (sulfide) groups is 1. The smallest absolute Gasteiger partial charge is 0.0375 e. The fraction of sp³-hybridized carbons (Fsp3) is 0.571. The summed E-state index contributed by atoms with van der Waals surface area (Å²) in [5.41, 5.74) is 4.25. The maximum absolute atomic E-state index is 3.70. The van der Waals surface area contributed by atoms with Crippen molar-refractivity contribution in [2.45, 2.75) is 44.4 Å². The van der Waals surface area contributed by atoms with E-state index in [0.29, 0.717) is 6.04 Å². The molecule has 2 heteroatoms. The van der Waals surface area contributed by atoms with E-state index in [4.69, 9.17) is 0 Å². The van der Waals surface area contributed by atoms with Crippen molar-refractivity contribution in [2.75, 3.05) is 11.6 Å². The lowest BCUT2D eigenvalue weighted by Crippen LogP contribution is -2.15. The second kappa shape index (κ2) is 5.62. The molecule has 1 aliphatic carbocycles. The van der Waals surface area contributed by atoms with Crippen LogP contribution in [0.15, 0.2) is 18.2 Å². The Morgan fingerprint density at radius 1 is 1.31 bits per heavy atom. The van der Waals surface area contributed by atoms with Crippen LogP contribution in [0.5, 0.6) is 0 Å². The van der Waals surface area contributed by atoms with Crippen molar-refractivity contribution in [3.63, 3.8) is 0 Å². The summed E-state index contributed by atoms with van der Waals surface area (Å²) in [6, 6.07) is 7.35. The molecule has 0 radical (unpaired) electrons. The second-order valence-electron chi connectivity index (χ2n) is 4.65. The first kappa shape index (κ1) is 11.8. The van der Waals surface area contributed by atoms with Crippen molar-refractivity contribution >= 4 is 17.4 Å². The molecule has 2 rings (SSSR count). The Balaban J connectivity index is 2.10. The molecule has 1 saturated carbocycles. The highest BCUT2D eigenvalue weighted by atomic mass is 32.2. The van der Waals surface area contributed by atoms with Gasteiger partial charge >= 0.3 is 0 Å². The molecule has 0 heterocycles. The summed E-state index contributed by atoms with van der Waals surface area (Å²) in [5, 5.41) is 3.70. The highest BCUT2D eigenvalue weighted by molar-refractivity contribution is 7.97. The van der Waals surface area contributed by atoms with Crippen LogP contribution in [-0.2, 0) is 5.75 Å². The summed E-state index contributed by atoms with van der Waals surface area (Å²) in [6.07, 6.45) is 7.62. The first-order valence-electron chi connectivity index (χ1n) is 6.15. The Hall–Kier alpha value is -0.630. The molecule has 0 atom stereocenters. The fourth-order valence-corrected chi connectivity index (χ4v) is 3.07. The van der Waals surface area contributed by atoms with Crippen LogP contribution in [0.3, 0.4) is 0 Å². The van der Waals surface area contributed by atoms with Crippen molar-refractivity contribution in [1.82, 2.24) is 0 Å². The fourth-order valence-electron chi connectivity index (χ4n) is 2.44. The van der Waals surface area contributed by atoms with Gasteiger partial charge in [-0.15, -0.1) is 0 Å². The lowest BCUT2D eigenvalue weighted by atomic mass is 10.1. The standard InChI is InChI=1S/C14H21NS/c1-11-12(10-16-2)6-5-9-14(11)15-13-7-3-4-8-13/h5-6,9,13,15H,3-4,7-8,10H2,1-2H3. The van der Waals surface area contributed by atoms with E-state index in [1.807, 2.05) is 11.8 Å². The summed E-state index contributed by atoms with van der Waals surface area (Å²) in [7, 11) is 0. The number of anilines is 1. The van der Waals surface area contributed by atoms with Crippen LogP contribution in [-0.4, -0.2) is 12.3 Å². The Morgan fingerprint density at radius 3 is 2.75 bits per heavy atom. The molecule has 0 amide bonds. The Morgan fingerprint density at radius 2 is 2.06 bits per heavy atom. The minimum absolute atomic E-state index is 0.711. The molecule has 0 spiro atoms. The van der Waals surface area contributed by atoms with Crippen molar-refractivity contribution in [3.8, 4) is 0 Å². The molecule has 0 bridgehead atoms. The maximum Gasteiger partial charge on any atom is 0.0375 e. The van der Waals surface area contributed by atoms with E-state index in [2.05, 4.69) is 36.7 Å². The van der Waals surface area contributed by atoms with E-state index in [9.17, 15) is 0 Å². The number of benzene rings is 1. The molecule has 0 aromatic heterocycles. The second-order valence-corrected chi connectivity index (χ2v) is 5.51. The van der Waals surface area contributed by atoms with Gasteiger partial charge in [0.25, 0.3) is 0 Å². The van der Waals surface area contributed by atoms with Crippen LogP contribution in [0.4, 0.5) is 5.69 Å².